The van der Waals surface area contributed by atoms with Crippen LogP contribution in [0.1, 0.15) is 65.2 Å². The molecule has 0 aromatic rings. The predicted octanol–water partition coefficient (Wildman–Crippen LogP) is 2.94. The normalized spacial score (nSPS) is 21.6. The Morgan fingerprint density at radius 2 is 2.00 bits per heavy atom. The Morgan fingerprint density at radius 3 is 2.50 bits per heavy atom. The van der Waals surface area contributed by atoms with E-state index in [1.165, 1.54) is 19.3 Å². The molecule has 3 nitrogen and oxygen atoms in total. The third-order valence-corrected chi connectivity index (χ3v) is 3.63. The van der Waals surface area contributed by atoms with Crippen LogP contribution < -0.4 is 5.32 Å². The highest BCUT2D eigenvalue weighted by molar-refractivity contribution is 5.79. The Kier molecular flexibility index (Phi) is 5.26. The molecule has 1 atom stereocenters. The van der Waals surface area contributed by atoms with Gasteiger partial charge in [0.15, 0.2) is 0 Å². The van der Waals surface area contributed by atoms with Gasteiger partial charge in [-0.25, -0.2) is 0 Å². The molecule has 0 bridgehead atoms. The predicted molar refractivity (Wildman–Crippen MR) is 65.6 cm³/mol. The van der Waals surface area contributed by atoms with Gasteiger partial charge in [-0.15, -0.1) is 0 Å². The molecule has 1 unspecified atom stereocenters. The minimum atomic E-state index is -0.657. The van der Waals surface area contributed by atoms with E-state index < -0.39 is 11.5 Å². The molecule has 16 heavy (non-hydrogen) atoms. The van der Waals surface area contributed by atoms with Crippen molar-refractivity contribution in [3.63, 3.8) is 0 Å². The zero-order valence-electron chi connectivity index (χ0n) is 10.6. The van der Waals surface area contributed by atoms with Gasteiger partial charge in [-0.2, -0.15) is 0 Å². The first-order chi connectivity index (χ1) is 7.60. The Morgan fingerprint density at radius 1 is 1.38 bits per heavy atom. The first-order valence-electron chi connectivity index (χ1n) is 6.62. The number of rotatable bonds is 6. The number of aliphatic carboxylic acids is 1. The summed E-state index contributed by atoms with van der Waals surface area (Å²) < 4.78 is 0. The molecule has 0 saturated heterocycles. The van der Waals surface area contributed by atoms with E-state index >= 15 is 0 Å². The van der Waals surface area contributed by atoms with E-state index in [2.05, 4.69) is 19.2 Å². The molecule has 0 radical (unpaired) electrons. The Bertz CT molecular complexity index is 222. The summed E-state index contributed by atoms with van der Waals surface area (Å²) in [5, 5.41) is 12.8. The van der Waals surface area contributed by atoms with E-state index in [1.54, 1.807) is 0 Å². The van der Waals surface area contributed by atoms with Gasteiger partial charge in [0.1, 0.15) is 5.54 Å². The van der Waals surface area contributed by atoms with Crippen molar-refractivity contribution in [3.8, 4) is 0 Å². The van der Waals surface area contributed by atoms with Crippen LogP contribution in [0.3, 0.4) is 0 Å². The molecule has 3 heteroatoms. The molecule has 1 saturated carbocycles. The third-order valence-electron chi connectivity index (χ3n) is 3.63. The van der Waals surface area contributed by atoms with E-state index in [4.69, 9.17) is 0 Å². The number of nitrogens with one attached hydrogen (secondary N) is 1. The van der Waals surface area contributed by atoms with E-state index in [-0.39, 0.29) is 0 Å². The van der Waals surface area contributed by atoms with Crippen molar-refractivity contribution in [3.05, 3.63) is 0 Å². The molecule has 0 heterocycles. The standard InChI is InChI=1S/C13H25NO2/c1-3-4-8-11(2)14-13(12(15)16)9-6-5-7-10-13/h11,14H,3-10H2,1-2H3,(H,15,16). The lowest BCUT2D eigenvalue weighted by Gasteiger charge is -2.36. The molecule has 1 rings (SSSR count). The number of hydrogen-bond donors (Lipinski definition) is 2. The molecule has 0 spiro atoms. The summed E-state index contributed by atoms with van der Waals surface area (Å²) in [6.45, 7) is 4.27. The van der Waals surface area contributed by atoms with Crippen LogP contribution in [-0.4, -0.2) is 22.7 Å². The molecule has 0 aromatic carbocycles. The lowest BCUT2D eigenvalue weighted by molar-refractivity contribution is -0.146. The van der Waals surface area contributed by atoms with Crippen molar-refractivity contribution in [2.45, 2.75) is 76.8 Å². The summed E-state index contributed by atoms with van der Waals surface area (Å²) in [7, 11) is 0. The third kappa shape index (κ3) is 3.48. The highest BCUT2D eigenvalue weighted by Crippen LogP contribution is 2.29. The summed E-state index contributed by atoms with van der Waals surface area (Å²) in [6.07, 6.45) is 8.26. The fourth-order valence-corrected chi connectivity index (χ4v) is 2.63. The Balaban J connectivity index is 2.53. The molecule has 0 amide bonds. The van der Waals surface area contributed by atoms with Crippen LogP contribution in [0, 0.1) is 0 Å². The summed E-state index contributed by atoms with van der Waals surface area (Å²) in [5.74, 6) is -0.657. The van der Waals surface area contributed by atoms with Crippen molar-refractivity contribution in [2.24, 2.45) is 0 Å². The maximum absolute atomic E-state index is 11.4. The maximum atomic E-state index is 11.4. The topological polar surface area (TPSA) is 49.3 Å². The number of unbranched alkanes of at least 4 members (excludes halogenated alkanes) is 1. The van der Waals surface area contributed by atoms with Gasteiger partial charge >= 0.3 is 5.97 Å². The highest BCUT2D eigenvalue weighted by atomic mass is 16.4. The van der Waals surface area contributed by atoms with Crippen LogP contribution in [-0.2, 0) is 4.79 Å². The number of carboxylic acids is 1. The van der Waals surface area contributed by atoms with Gasteiger partial charge in [0.05, 0.1) is 0 Å². The molecular formula is C13H25NO2. The summed E-state index contributed by atoms with van der Waals surface area (Å²) >= 11 is 0. The van der Waals surface area contributed by atoms with E-state index in [9.17, 15) is 9.90 Å². The molecule has 1 aliphatic rings. The molecule has 0 aromatic heterocycles. The van der Waals surface area contributed by atoms with Crippen LogP contribution in [0.15, 0.2) is 0 Å². The lowest BCUT2D eigenvalue weighted by atomic mass is 9.81. The summed E-state index contributed by atoms with van der Waals surface area (Å²) in [4.78, 5) is 11.4. The van der Waals surface area contributed by atoms with Crippen LogP contribution in [0.2, 0.25) is 0 Å². The summed E-state index contributed by atoms with van der Waals surface area (Å²) in [5.41, 5.74) is -0.634. The minimum Gasteiger partial charge on any atom is -0.480 e. The van der Waals surface area contributed by atoms with E-state index in [0.29, 0.717) is 6.04 Å². The van der Waals surface area contributed by atoms with Gasteiger partial charge in [0, 0.05) is 6.04 Å². The van der Waals surface area contributed by atoms with Crippen molar-refractivity contribution >= 4 is 5.97 Å². The molecule has 0 aliphatic heterocycles. The largest absolute Gasteiger partial charge is 0.480 e. The lowest BCUT2D eigenvalue weighted by Crippen LogP contribution is -2.56. The van der Waals surface area contributed by atoms with Gasteiger partial charge in [-0.3, -0.25) is 10.1 Å². The van der Waals surface area contributed by atoms with Crippen molar-refractivity contribution in [1.29, 1.82) is 0 Å². The SMILES string of the molecule is CCCCC(C)NC1(C(=O)O)CCCCC1. The average molecular weight is 227 g/mol. The molecule has 1 aliphatic carbocycles. The molecule has 94 valence electrons. The summed E-state index contributed by atoms with van der Waals surface area (Å²) in [6, 6.07) is 0.314. The van der Waals surface area contributed by atoms with Crippen LogP contribution in [0.5, 0.6) is 0 Å². The number of carbonyl (C=O) groups is 1. The van der Waals surface area contributed by atoms with E-state index in [1.807, 2.05) is 0 Å². The van der Waals surface area contributed by atoms with Crippen LogP contribution >= 0.6 is 0 Å². The molecular weight excluding hydrogens is 202 g/mol. The quantitative estimate of drug-likeness (QED) is 0.733. The fraction of sp³-hybridized carbons (Fsp3) is 0.923. The van der Waals surface area contributed by atoms with Gasteiger partial charge < -0.3 is 5.11 Å². The second-order valence-electron chi connectivity index (χ2n) is 5.14. The van der Waals surface area contributed by atoms with Gasteiger partial charge in [0.2, 0.25) is 0 Å². The zero-order valence-corrected chi connectivity index (χ0v) is 10.6. The molecule has 1 fully saturated rings. The molecule has 2 N–H and O–H groups in total. The van der Waals surface area contributed by atoms with E-state index in [0.717, 1.165) is 32.1 Å². The first kappa shape index (κ1) is 13.5. The Labute approximate surface area is 98.6 Å². The second kappa shape index (κ2) is 6.24. The zero-order chi connectivity index (χ0) is 12.0. The van der Waals surface area contributed by atoms with Crippen molar-refractivity contribution in [1.82, 2.24) is 5.32 Å². The Hall–Kier alpha value is -0.570. The maximum Gasteiger partial charge on any atom is 0.323 e. The van der Waals surface area contributed by atoms with Crippen LogP contribution in [0.4, 0.5) is 0 Å². The first-order valence-corrected chi connectivity index (χ1v) is 6.62. The van der Waals surface area contributed by atoms with Crippen LogP contribution in [0.25, 0.3) is 0 Å². The smallest absolute Gasteiger partial charge is 0.323 e. The second-order valence-corrected chi connectivity index (χ2v) is 5.14. The van der Waals surface area contributed by atoms with Crippen molar-refractivity contribution < 1.29 is 9.90 Å². The average Bonchev–Trinajstić information content (AvgIpc) is 2.27. The fourth-order valence-electron chi connectivity index (χ4n) is 2.63. The number of hydrogen-bond acceptors (Lipinski definition) is 2. The highest BCUT2D eigenvalue weighted by Gasteiger charge is 2.39. The van der Waals surface area contributed by atoms with Gasteiger partial charge in [-0.1, -0.05) is 39.0 Å². The minimum absolute atomic E-state index is 0.314. The van der Waals surface area contributed by atoms with Gasteiger partial charge in [0.25, 0.3) is 0 Å². The number of carboxylic acid groups (broad SMARTS) is 1. The van der Waals surface area contributed by atoms with Crippen molar-refractivity contribution in [2.75, 3.05) is 0 Å². The van der Waals surface area contributed by atoms with Gasteiger partial charge in [-0.05, 0) is 26.2 Å². The monoisotopic (exact) mass is 227 g/mol.